The van der Waals surface area contributed by atoms with E-state index in [4.69, 9.17) is 10.7 Å². The molecule has 1 aromatic rings. The van der Waals surface area contributed by atoms with Gasteiger partial charge in [-0.15, -0.1) is 0 Å². The zero-order valence-electron chi connectivity index (χ0n) is 12.7. The Labute approximate surface area is 117 Å². The summed E-state index contributed by atoms with van der Waals surface area (Å²) in [6, 6.07) is 4.94. The summed E-state index contributed by atoms with van der Waals surface area (Å²) in [5.41, 5.74) is 8.22. The van der Waals surface area contributed by atoms with Crippen LogP contribution in [0.3, 0.4) is 0 Å². The molecule has 0 spiro atoms. The summed E-state index contributed by atoms with van der Waals surface area (Å²) >= 11 is 0. The summed E-state index contributed by atoms with van der Waals surface area (Å²) in [7, 11) is 2.17. The highest BCUT2D eigenvalue weighted by atomic mass is 15.2. The first-order chi connectivity index (χ1) is 8.91. The smallest absolute Gasteiger partial charge is 0.129 e. The van der Waals surface area contributed by atoms with E-state index < -0.39 is 0 Å². The van der Waals surface area contributed by atoms with Gasteiger partial charge in [-0.3, -0.25) is 0 Å². The summed E-state index contributed by atoms with van der Waals surface area (Å²) in [6.45, 7) is 7.19. The van der Waals surface area contributed by atoms with Crippen LogP contribution in [0.4, 0.5) is 5.82 Å². The number of rotatable bonds is 3. The van der Waals surface area contributed by atoms with Crippen molar-refractivity contribution in [3.05, 3.63) is 23.4 Å². The van der Waals surface area contributed by atoms with Gasteiger partial charge in [0.1, 0.15) is 5.82 Å². The number of pyridine rings is 1. The Balaban J connectivity index is 2.33. The molecule has 2 N–H and O–H groups in total. The van der Waals surface area contributed by atoms with E-state index >= 15 is 0 Å². The lowest BCUT2D eigenvalue weighted by Crippen LogP contribution is -2.30. The molecule has 0 bridgehead atoms. The van der Waals surface area contributed by atoms with E-state index in [1.807, 2.05) is 0 Å². The van der Waals surface area contributed by atoms with Crippen molar-refractivity contribution in [3.8, 4) is 0 Å². The Kier molecular flexibility index (Phi) is 4.14. The van der Waals surface area contributed by atoms with Gasteiger partial charge in [-0.2, -0.15) is 0 Å². The van der Waals surface area contributed by atoms with Gasteiger partial charge in [-0.05, 0) is 30.5 Å². The van der Waals surface area contributed by atoms with E-state index in [1.54, 1.807) is 0 Å². The standard InChI is InChI=1S/C16H27N3/c1-16(2,3)14-9-12(11-17)10-15(18-14)19(4)13-7-5-6-8-13/h9-10,13H,5-8,11,17H2,1-4H3. The summed E-state index contributed by atoms with van der Waals surface area (Å²) in [5, 5.41) is 0. The van der Waals surface area contributed by atoms with E-state index in [0.29, 0.717) is 12.6 Å². The van der Waals surface area contributed by atoms with Gasteiger partial charge in [0.15, 0.2) is 0 Å². The third-order valence-electron chi connectivity index (χ3n) is 4.11. The molecule has 106 valence electrons. The van der Waals surface area contributed by atoms with Crippen LogP contribution >= 0.6 is 0 Å². The van der Waals surface area contributed by atoms with Gasteiger partial charge in [0.25, 0.3) is 0 Å². The molecule has 1 aliphatic rings. The van der Waals surface area contributed by atoms with Crippen molar-refractivity contribution in [2.75, 3.05) is 11.9 Å². The SMILES string of the molecule is CN(c1cc(CN)cc(C(C)(C)C)n1)C1CCCC1. The number of aromatic nitrogens is 1. The maximum absolute atomic E-state index is 5.84. The molecule has 1 fully saturated rings. The van der Waals surface area contributed by atoms with E-state index in [-0.39, 0.29) is 5.41 Å². The average molecular weight is 261 g/mol. The third kappa shape index (κ3) is 3.27. The topological polar surface area (TPSA) is 42.1 Å². The largest absolute Gasteiger partial charge is 0.357 e. The van der Waals surface area contributed by atoms with Crippen LogP contribution in [-0.4, -0.2) is 18.1 Å². The van der Waals surface area contributed by atoms with Gasteiger partial charge in [0, 0.05) is 30.7 Å². The van der Waals surface area contributed by atoms with Crippen molar-refractivity contribution in [3.63, 3.8) is 0 Å². The van der Waals surface area contributed by atoms with E-state index in [2.05, 4.69) is 44.9 Å². The molecule has 1 heterocycles. The second-order valence-electron chi connectivity index (χ2n) is 6.72. The predicted molar refractivity (Wildman–Crippen MR) is 81.5 cm³/mol. The molecule has 2 rings (SSSR count). The second kappa shape index (κ2) is 5.49. The van der Waals surface area contributed by atoms with Crippen molar-refractivity contribution in [1.82, 2.24) is 4.98 Å². The van der Waals surface area contributed by atoms with Gasteiger partial charge in [0.05, 0.1) is 0 Å². The molecule has 0 aliphatic heterocycles. The minimum Gasteiger partial charge on any atom is -0.357 e. The first-order valence-electron chi connectivity index (χ1n) is 7.36. The van der Waals surface area contributed by atoms with Crippen molar-refractivity contribution >= 4 is 5.82 Å². The summed E-state index contributed by atoms with van der Waals surface area (Å²) in [5.74, 6) is 1.08. The lowest BCUT2D eigenvalue weighted by Gasteiger charge is -2.28. The van der Waals surface area contributed by atoms with Gasteiger partial charge < -0.3 is 10.6 Å². The van der Waals surface area contributed by atoms with Gasteiger partial charge in [-0.25, -0.2) is 4.98 Å². The summed E-state index contributed by atoms with van der Waals surface area (Å²) in [6.07, 6.45) is 5.27. The molecule has 0 saturated heterocycles. The van der Waals surface area contributed by atoms with Crippen LogP contribution in [0.15, 0.2) is 12.1 Å². The van der Waals surface area contributed by atoms with Crippen molar-refractivity contribution in [2.24, 2.45) is 5.73 Å². The molecular weight excluding hydrogens is 234 g/mol. The van der Waals surface area contributed by atoms with Gasteiger partial charge in [-0.1, -0.05) is 33.6 Å². The van der Waals surface area contributed by atoms with Crippen LogP contribution in [0.1, 0.15) is 57.7 Å². The van der Waals surface area contributed by atoms with Crippen molar-refractivity contribution < 1.29 is 0 Å². The number of nitrogens with two attached hydrogens (primary N) is 1. The molecule has 19 heavy (non-hydrogen) atoms. The van der Waals surface area contributed by atoms with E-state index in [1.165, 1.54) is 31.2 Å². The number of nitrogens with zero attached hydrogens (tertiary/aromatic N) is 2. The van der Waals surface area contributed by atoms with Gasteiger partial charge >= 0.3 is 0 Å². The third-order valence-corrected chi connectivity index (χ3v) is 4.11. The number of hydrogen-bond donors (Lipinski definition) is 1. The Hall–Kier alpha value is -1.09. The van der Waals surface area contributed by atoms with Crippen LogP contribution in [0.5, 0.6) is 0 Å². The fraction of sp³-hybridized carbons (Fsp3) is 0.688. The molecule has 0 unspecified atom stereocenters. The molecule has 0 aromatic carbocycles. The Morgan fingerprint density at radius 3 is 2.42 bits per heavy atom. The van der Waals surface area contributed by atoms with Crippen molar-refractivity contribution in [2.45, 2.75) is 64.5 Å². The minimum absolute atomic E-state index is 0.0659. The molecule has 1 aromatic heterocycles. The lowest BCUT2D eigenvalue weighted by molar-refractivity contribution is 0.563. The lowest BCUT2D eigenvalue weighted by atomic mass is 9.90. The first kappa shape index (κ1) is 14.3. The fourth-order valence-electron chi connectivity index (χ4n) is 2.73. The molecular formula is C16H27N3. The zero-order chi connectivity index (χ0) is 14.0. The average Bonchev–Trinajstić information content (AvgIpc) is 2.90. The highest BCUT2D eigenvalue weighted by Crippen LogP contribution is 2.29. The van der Waals surface area contributed by atoms with Crippen LogP contribution in [0.2, 0.25) is 0 Å². The van der Waals surface area contributed by atoms with Crippen LogP contribution in [0.25, 0.3) is 0 Å². The molecule has 3 nitrogen and oxygen atoms in total. The molecule has 1 saturated carbocycles. The molecule has 0 radical (unpaired) electrons. The second-order valence-corrected chi connectivity index (χ2v) is 6.72. The van der Waals surface area contributed by atoms with Crippen LogP contribution < -0.4 is 10.6 Å². The Morgan fingerprint density at radius 1 is 1.26 bits per heavy atom. The summed E-state index contributed by atoms with van der Waals surface area (Å²) in [4.78, 5) is 7.22. The number of hydrogen-bond acceptors (Lipinski definition) is 3. The molecule has 0 atom stereocenters. The van der Waals surface area contributed by atoms with E-state index in [0.717, 1.165) is 11.5 Å². The zero-order valence-corrected chi connectivity index (χ0v) is 12.7. The molecule has 0 amide bonds. The Morgan fingerprint density at radius 2 is 1.89 bits per heavy atom. The Bertz CT molecular complexity index is 428. The molecule has 1 aliphatic carbocycles. The van der Waals surface area contributed by atoms with E-state index in [9.17, 15) is 0 Å². The van der Waals surface area contributed by atoms with Gasteiger partial charge in [0.2, 0.25) is 0 Å². The van der Waals surface area contributed by atoms with Crippen LogP contribution in [0, 0.1) is 0 Å². The first-order valence-corrected chi connectivity index (χ1v) is 7.36. The maximum atomic E-state index is 5.84. The monoisotopic (exact) mass is 261 g/mol. The highest BCUT2D eigenvalue weighted by molar-refractivity contribution is 5.44. The van der Waals surface area contributed by atoms with Crippen molar-refractivity contribution in [1.29, 1.82) is 0 Å². The maximum Gasteiger partial charge on any atom is 0.129 e. The fourth-order valence-corrected chi connectivity index (χ4v) is 2.73. The number of anilines is 1. The quantitative estimate of drug-likeness (QED) is 0.908. The van der Waals surface area contributed by atoms with Crippen LogP contribution in [-0.2, 0) is 12.0 Å². The normalized spacial score (nSPS) is 16.9. The minimum atomic E-state index is 0.0659. The highest BCUT2D eigenvalue weighted by Gasteiger charge is 2.23. The molecule has 3 heteroatoms. The summed E-state index contributed by atoms with van der Waals surface area (Å²) < 4.78 is 0. The predicted octanol–water partition coefficient (Wildman–Crippen LogP) is 3.22.